The van der Waals surface area contributed by atoms with Crippen molar-refractivity contribution in [1.29, 1.82) is 0 Å². The number of thioether (sulfide) groups is 1. The molecule has 7 nitrogen and oxygen atoms in total. The third-order valence-corrected chi connectivity index (χ3v) is 6.83. The van der Waals surface area contributed by atoms with Crippen molar-refractivity contribution in [2.24, 2.45) is 0 Å². The summed E-state index contributed by atoms with van der Waals surface area (Å²) in [5.74, 6) is 1.62. The number of anilines is 1. The molecule has 0 aliphatic rings. The molecule has 2 aromatic carbocycles. The summed E-state index contributed by atoms with van der Waals surface area (Å²) in [6.07, 6.45) is 0. The Morgan fingerprint density at radius 2 is 1.94 bits per heavy atom. The van der Waals surface area contributed by atoms with E-state index in [2.05, 4.69) is 34.3 Å². The standard InChI is InChI=1S/C24H25N5O2S2/c1-4-29-21(13-31-19-11-10-16(2)17(3)12-19)27-28-24(29)33-15-22(30)26-23-25-20(14-32-23)18-8-6-5-7-9-18/h5-12,14H,4,13,15H2,1-3H3,(H,25,26,30). The van der Waals surface area contributed by atoms with Gasteiger partial charge in [0.2, 0.25) is 5.91 Å². The number of hydrogen-bond acceptors (Lipinski definition) is 7. The van der Waals surface area contributed by atoms with Crippen molar-refractivity contribution in [2.75, 3.05) is 11.1 Å². The Labute approximate surface area is 201 Å². The first-order valence-corrected chi connectivity index (χ1v) is 12.5. The highest BCUT2D eigenvalue weighted by atomic mass is 32.2. The molecular formula is C24H25N5O2S2. The summed E-state index contributed by atoms with van der Waals surface area (Å²) in [7, 11) is 0. The molecule has 0 saturated carbocycles. The smallest absolute Gasteiger partial charge is 0.236 e. The van der Waals surface area contributed by atoms with Gasteiger partial charge in [0.05, 0.1) is 11.4 Å². The normalized spacial score (nSPS) is 10.9. The molecule has 0 radical (unpaired) electrons. The number of aromatic nitrogens is 4. The lowest BCUT2D eigenvalue weighted by molar-refractivity contribution is -0.113. The van der Waals surface area contributed by atoms with Gasteiger partial charge in [-0.25, -0.2) is 4.98 Å². The number of hydrogen-bond donors (Lipinski definition) is 1. The lowest BCUT2D eigenvalue weighted by Gasteiger charge is -2.10. The summed E-state index contributed by atoms with van der Waals surface area (Å²) in [4.78, 5) is 17.0. The lowest BCUT2D eigenvalue weighted by Crippen LogP contribution is -2.14. The lowest BCUT2D eigenvalue weighted by atomic mass is 10.1. The fraction of sp³-hybridized carbons (Fsp3) is 0.250. The second-order valence-electron chi connectivity index (χ2n) is 7.42. The van der Waals surface area contributed by atoms with Crippen molar-refractivity contribution in [3.05, 3.63) is 70.9 Å². The zero-order chi connectivity index (χ0) is 23.2. The van der Waals surface area contributed by atoms with Gasteiger partial charge in [0, 0.05) is 17.5 Å². The third-order valence-electron chi connectivity index (χ3n) is 5.11. The van der Waals surface area contributed by atoms with E-state index in [4.69, 9.17) is 4.74 Å². The first kappa shape index (κ1) is 23.0. The van der Waals surface area contributed by atoms with E-state index >= 15 is 0 Å². The quantitative estimate of drug-likeness (QED) is 0.326. The van der Waals surface area contributed by atoms with Crippen molar-refractivity contribution in [3.8, 4) is 17.0 Å². The molecule has 0 atom stereocenters. The predicted molar refractivity (Wildman–Crippen MR) is 133 cm³/mol. The maximum atomic E-state index is 12.5. The summed E-state index contributed by atoms with van der Waals surface area (Å²) < 4.78 is 7.88. The van der Waals surface area contributed by atoms with Crippen LogP contribution in [-0.2, 0) is 17.9 Å². The van der Waals surface area contributed by atoms with Gasteiger partial charge in [-0.05, 0) is 44.0 Å². The van der Waals surface area contributed by atoms with E-state index in [0.29, 0.717) is 23.4 Å². The van der Waals surface area contributed by atoms with Crippen molar-refractivity contribution in [3.63, 3.8) is 0 Å². The molecule has 0 aliphatic carbocycles. The molecule has 0 bridgehead atoms. The fourth-order valence-corrected chi connectivity index (χ4v) is 4.72. The van der Waals surface area contributed by atoms with E-state index < -0.39 is 0 Å². The third kappa shape index (κ3) is 5.80. The van der Waals surface area contributed by atoms with Gasteiger partial charge in [-0.2, -0.15) is 0 Å². The number of benzene rings is 2. The number of rotatable bonds is 9. The monoisotopic (exact) mass is 479 g/mol. The molecule has 0 spiro atoms. The van der Waals surface area contributed by atoms with Crippen LogP contribution in [0.3, 0.4) is 0 Å². The van der Waals surface area contributed by atoms with Crippen LogP contribution in [0.15, 0.2) is 59.1 Å². The van der Waals surface area contributed by atoms with Crippen LogP contribution >= 0.6 is 23.1 Å². The topological polar surface area (TPSA) is 81.9 Å². The molecule has 0 saturated heterocycles. The van der Waals surface area contributed by atoms with Crippen LogP contribution in [0.5, 0.6) is 5.75 Å². The Morgan fingerprint density at radius 1 is 1.12 bits per heavy atom. The van der Waals surface area contributed by atoms with Crippen LogP contribution in [0.4, 0.5) is 5.13 Å². The zero-order valence-electron chi connectivity index (χ0n) is 18.7. The molecule has 0 fully saturated rings. The van der Waals surface area contributed by atoms with Crippen molar-refractivity contribution in [1.82, 2.24) is 19.7 Å². The van der Waals surface area contributed by atoms with E-state index in [0.717, 1.165) is 22.8 Å². The summed E-state index contributed by atoms with van der Waals surface area (Å²) in [5.41, 5.74) is 4.28. The van der Waals surface area contributed by atoms with Gasteiger partial charge in [-0.1, -0.05) is 48.2 Å². The molecule has 1 amide bonds. The molecule has 4 aromatic rings. The summed E-state index contributed by atoms with van der Waals surface area (Å²) in [6.45, 7) is 7.16. The molecule has 4 rings (SSSR count). The van der Waals surface area contributed by atoms with Crippen molar-refractivity contribution in [2.45, 2.75) is 39.1 Å². The highest BCUT2D eigenvalue weighted by Crippen LogP contribution is 2.25. The van der Waals surface area contributed by atoms with Gasteiger partial charge in [-0.15, -0.1) is 21.5 Å². The van der Waals surface area contributed by atoms with E-state index in [1.165, 1.54) is 34.2 Å². The molecule has 0 aliphatic heterocycles. The Morgan fingerprint density at radius 3 is 2.70 bits per heavy atom. The highest BCUT2D eigenvalue weighted by Gasteiger charge is 2.15. The maximum Gasteiger partial charge on any atom is 0.236 e. The van der Waals surface area contributed by atoms with Crippen LogP contribution < -0.4 is 10.1 Å². The van der Waals surface area contributed by atoms with Gasteiger partial charge < -0.3 is 14.6 Å². The number of ether oxygens (including phenoxy) is 1. The van der Waals surface area contributed by atoms with Gasteiger partial charge in [-0.3, -0.25) is 4.79 Å². The Kier molecular flexibility index (Phi) is 7.41. The average molecular weight is 480 g/mol. The van der Waals surface area contributed by atoms with Gasteiger partial charge in [0.25, 0.3) is 0 Å². The minimum atomic E-state index is -0.132. The van der Waals surface area contributed by atoms with E-state index in [9.17, 15) is 4.79 Å². The van der Waals surface area contributed by atoms with E-state index in [-0.39, 0.29) is 11.7 Å². The molecule has 170 valence electrons. The summed E-state index contributed by atoms with van der Waals surface area (Å²) >= 11 is 2.76. The maximum absolute atomic E-state index is 12.5. The molecular weight excluding hydrogens is 454 g/mol. The highest BCUT2D eigenvalue weighted by molar-refractivity contribution is 7.99. The Hall–Kier alpha value is -3.17. The molecule has 2 heterocycles. The number of carbonyl (C=O) groups is 1. The second kappa shape index (κ2) is 10.6. The molecule has 9 heteroatoms. The molecule has 0 unspecified atom stereocenters. The summed E-state index contributed by atoms with van der Waals surface area (Å²) in [6, 6.07) is 15.9. The number of thiazole rings is 1. The number of nitrogens with zero attached hydrogens (tertiary/aromatic N) is 4. The molecule has 33 heavy (non-hydrogen) atoms. The minimum absolute atomic E-state index is 0.132. The van der Waals surface area contributed by atoms with E-state index in [1.54, 1.807) is 0 Å². The van der Waals surface area contributed by atoms with Crippen LogP contribution in [0, 0.1) is 13.8 Å². The Balaban J connectivity index is 1.32. The van der Waals surface area contributed by atoms with Gasteiger partial charge in [0.1, 0.15) is 12.4 Å². The summed E-state index contributed by atoms with van der Waals surface area (Å²) in [5, 5.41) is 14.6. The number of carbonyl (C=O) groups excluding carboxylic acids is 1. The largest absolute Gasteiger partial charge is 0.486 e. The first-order chi connectivity index (χ1) is 16.0. The first-order valence-electron chi connectivity index (χ1n) is 10.6. The zero-order valence-corrected chi connectivity index (χ0v) is 20.4. The van der Waals surface area contributed by atoms with Crippen LogP contribution in [0.1, 0.15) is 23.9 Å². The number of aryl methyl sites for hydroxylation is 2. The van der Waals surface area contributed by atoms with Crippen LogP contribution in [-0.4, -0.2) is 31.4 Å². The van der Waals surface area contributed by atoms with E-state index in [1.807, 2.05) is 65.4 Å². The SMILES string of the molecule is CCn1c(COc2ccc(C)c(C)c2)nnc1SCC(=O)Nc1nc(-c2ccccc2)cs1. The fourth-order valence-electron chi connectivity index (χ4n) is 3.16. The number of nitrogens with one attached hydrogen (secondary N) is 1. The average Bonchev–Trinajstić information content (AvgIpc) is 3.45. The molecule has 2 aromatic heterocycles. The van der Waals surface area contributed by atoms with Crippen molar-refractivity contribution >= 4 is 34.1 Å². The van der Waals surface area contributed by atoms with Crippen LogP contribution in [0.2, 0.25) is 0 Å². The van der Waals surface area contributed by atoms with Gasteiger partial charge in [0.15, 0.2) is 16.1 Å². The predicted octanol–water partition coefficient (Wildman–Crippen LogP) is 5.35. The van der Waals surface area contributed by atoms with Crippen LogP contribution in [0.25, 0.3) is 11.3 Å². The van der Waals surface area contributed by atoms with Gasteiger partial charge >= 0.3 is 0 Å². The van der Waals surface area contributed by atoms with Crippen molar-refractivity contribution < 1.29 is 9.53 Å². The molecule has 1 N–H and O–H groups in total. The number of amides is 1. The second-order valence-corrected chi connectivity index (χ2v) is 9.22. The Bertz CT molecular complexity index is 1240. The minimum Gasteiger partial charge on any atom is -0.486 e.